The van der Waals surface area contributed by atoms with E-state index in [0.29, 0.717) is 30.8 Å². The number of fused-ring (bicyclic) bond motifs is 1. The molecule has 0 spiro atoms. The molecule has 1 saturated carbocycles. The molecular weight excluding hydrogens is 404 g/mol. The van der Waals surface area contributed by atoms with Crippen LogP contribution in [-0.2, 0) is 0 Å². The quantitative estimate of drug-likeness (QED) is 0.604. The molecule has 5 atom stereocenters. The molecule has 1 amide bonds. The molecule has 6 nitrogen and oxygen atoms in total. The van der Waals surface area contributed by atoms with Gasteiger partial charge >= 0.3 is 0 Å². The maximum atomic E-state index is 13.9. The van der Waals surface area contributed by atoms with Crippen molar-refractivity contribution in [3.8, 4) is 5.75 Å². The van der Waals surface area contributed by atoms with Gasteiger partial charge in [0, 0.05) is 23.6 Å². The summed E-state index contributed by atoms with van der Waals surface area (Å²) >= 11 is 0. The first kappa shape index (κ1) is 22.8. The number of amides is 1. The highest BCUT2D eigenvalue weighted by Crippen LogP contribution is 2.53. The van der Waals surface area contributed by atoms with Crippen LogP contribution in [0.1, 0.15) is 54.6 Å². The van der Waals surface area contributed by atoms with E-state index >= 15 is 0 Å². The zero-order valence-electron chi connectivity index (χ0n) is 18.9. The molecule has 0 bridgehead atoms. The molecule has 0 radical (unpaired) electrons. The Morgan fingerprint density at radius 3 is 2.69 bits per heavy atom. The minimum atomic E-state index is -0.866. The van der Waals surface area contributed by atoms with E-state index in [-0.39, 0.29) is 18.0 Å². The zero-order chi connectivity index (χ0) is 22.7. The van der Waals surface area contributed by atoms with Crippen molar-refractivity contribution in [1.82, 2.24) is 10.2 Å². The molecular formula is C26H34N2O4. The number of aliphatic hydroxyl groups is 2. The topological polar surface area (TPSA) is 82.0 Å². The maximum Gasteiger partial charge on any atom is 0.254 e. The number of hydrogen-bond donors (Lipinski definition) is 3. The van der Waals surface area contributed by atoms with Gasteiger partial charge in [-0.15, -0.1) is 0 Å². The predicted molar refractivity (Wildman–Crippen MR) is 124 cm³/mol. The molecule has 1 aliphatic carbocycles. The van der Waals surface area contributed by atoms with Crippen LogP contribution in [0.25, 0.3) is 0 Å². The SMILES string of the molecule is CNCCOc1cccc(C(=O)N2[C@@H](c3ccccc3)C[C@@]3(C)[C@@H](O)[C@@H](O)CCC[C@@H]23)c1. The van der Waals surface area contributed by atoms with Gasteiger partial charge in [0.15, 0.2) is 0 Å². The standard InChI is InChI=1S/C26H34N2O4/c1-26-17-21(18-8-4-3-5-9-18)28(23(26)13-7-12-22(29)24(26)30)25(31)19-10-6-11-20(16-19)32-15-14-27-2/h3-6,8-11,16,21-24,27,29-30H,7,12-15,17H2,1-2H3/t21-,22+,23-,24+,26-/m1/s1. The molecule has 3 N–H and O–H groups in total. The van der Waals surface area contributed by atoms with Gasteiger partial charge in [-0.05, 0) is 56.5 Å². The molecule has 1 saturated heterocycles. The fraction of sp³-hybridized carbons (Fsp3) is 0.500. The molecule has 4 rings (SSSR count). The van der Waals surface area contributed by atoms with Gasteiger partial charge in [0.25, 0.3) is 5.91 Å². The summed E-state index contributed by atoms with van der Waals surface area (Å²) in [7, 11) is 1.87. The highest BCUT2D eigenvalue weighted by molar-refractivity contribution is 5.95. The number of carbonyl (C=O) groups excluding carboxylic acids is 1. The molecule has 0 aromatic heterocycles. The molecule has 2 aromatic carbocycles. The first-order chi connectivity index (χ1) is 15.5. The molecule has 1 heterocycles. The van der Waals surface area contributed by atoms with Crippen molar-refractivity contribution in [3.63, 3.8) is 0 Å². The van der Waals surface area contributed by atoms with Gasteiger partial charge in [-0.2, -0.15) is 0 Å². The van der Waals surface area contributed by atoms with E-state index in [1.807, 2.05) is 67.4 Å². The molecule has 2 aliphatic rings. The van der Waals surface area contributed by atoms with Gasteiger partial charge in [0.05, 0.1) is 18.2 Å². The Morgan fingerprint density at radius 1 is 1.16 bits per heavy atom. The number of benzene rings is 2. The number of rotatable bonds is 6. The van der Waals surface area contributed by atoms with Gasteiger partial charge in [-0.25, -0.2) is 0 Å². The van der Waals surface area contributed by atoms with E-state index in [4.69, 9.17) is 4.74 Å². The average molecular weight is 439 g/mol. The largest absolute Gasteiger partial charge is 0.492 e. The van der Waals surface area contributed by atoms with Crippen LogP contribution in [-0.4, -0.2) is 59.5 Å². The number of ether oxygens (including phenoxy) is 1. The van der Waals surface area contributed by atoms with Gasteiger partial charge in [-0.1, -0.05) is 43.3 Å². The molecule has 2 fully saturated rings. The number of carbonyl (C=O) groups is 1. The van der Waals surface area contributed by atoms with Crippen molar-refractivity contribution in [2.45, 2.75) is 56.9 Å². The van der Waals surface area contributed by atoms with Crippen LogP contribution in [0, 0.1) is 5.41 Å². The summed E-state index contributed by atoms with van der Waals surface area (Å²) in [5.74, 6) is 0.607. The van der Waals surface area contributed by atoms with E-state index in [0.717, 1.165) is 24.9 Å². The smallest absolute Gasteiger partial charge is 0.254 e. The lowest BCUT2D eigenvalue weighted by Crippen LogP contribution is -2.49. The van der Waals surface area contributed by atoms with Gasteiger partial charge in [0.2, 0.25) is 0 Å². The van der Waals surface area contributed by atoms with Crippen LogP contribution in [0.3, 0.4) is 0 Å². The zero-order valence-corrected chi connectivity index (χ0v) is 18.9. The fourth-order valence-corrected chi connectivity index (χ4v) is 5.47. The summed E-state index contributed by atoms with van der Waals surface area (Å²) in [5.41, 5.74) is 1.06. The van der Waals surface area contributed by atoms with Gasteiger partial charge < -0.3 is 25.2 Å². The number of nitrogens with zero attached hydrogens (tertiary/aromatic N) is 1. The van der Waals surface area contributed by atoms with Crippen LogP contribution in [0.2, 0.25) is 0 Å². The van der Waals surface area contributed by atoms with Crippen LogP contribution in [0.15, 0.2) is 54.6 Å². The summed E-state index contributed by atoms with van der Waals surface area (Å²) in [6, 6.07) is 17.0. The predicted octanol–water partition coefficient (Wildman–Crippen LogP) is 3.15. The normalized spacial score (nSPS) is 29.9. The van der Waals surface area contributed by atoms with E-state index in [2.05, 4.69) is 5.32 Å². The Balaban J connectivity index is 1.70. The summed E-state index contributed by atoms with van der Waals surface area (Å²) in [5, 5.41) is 24.7. The minimum Gasteiger partial charge on any atom is -0.492 e. The molecule has 172 valence electrons. The lowest BCUT2D eigenvalue weighted by Gasteiger charge is -2.38. The van der Waals surface area contributed by atoms with Crippen LogP contribution < -0.4 is 10.1 Å². The first-order valence-electron chi connectivity index (χ1n) is 11.6. The molecule has 2 aromatic rings. The second-order valence-electron chi connectivity index (χ2n) is 9.29. The highest BCUT2D eigenvalue weighted by Gasteiger charge is 2.57. The van der Waals surface area contributed by atoms with Crippen LogP contribution in [0.5, 0.6) is 5.75 Å². The molecule has 6 heteroatoms. The molecule has 0 unspecified atom stereocenters. The van der Waals surface area contributed by atoms with Gasteiger partial charge in [0.1, 0.15) is 12.4 Å². The number of likely N-dealkylation sites (tertiary alicyclic amines) is 1. The van der Waals surface area contributed by atoms with E-state index < -0.39 is 17.6 Å². The Morgan fingerprint density at radius 2 is 1.94 bits per heavy atom. The second-order valence-corrected chi connectivity index (χ2v) is 9.29. The van der Waals surface area contributed by atoms with Crippen molar-refractivity contribution >= 4 is 5.91 Å². The number of nitrogens with one attached hydrogen (secondary N) is 1. The van der Waals surface area contributed by atoms with Crippen molar-refractivity contribution in [1.29, 1.82) is 0 Å². The summed E-state index contributed by atoms with van der Waals surface area (Å²) in [4.78, 5) is 15.9. The highest BCUT2D eigenvalue weighted by atomic mass is 16.5. The summed E-state index contributed by atoms with van der Waals surface area (Å²) < 4.78 is 5.78. The number of aliphatic hydroxyl groups excluding tert-OH is 2. The molecule has 32 heavy (non-hydrogen) atoms. The average Bonchev–Trinajstić information content (AvgIpc) is 3.07. The second kappa shape index (κ2) is 9.61. The summed E-state index contributed by atoms with van der Waals surface area (Å²) in [6.07, 6.45) is 1.08. The van der Waals surface area contributed by atoms with Crippen molar-refractivity contribution < 1.29 is 19.7 Å². The van der Waals surface area contributed by atoms with Crippen LogP contribution in [0.4, 0.5) is 0 Å². The number of hydrogen-bond acceptors (Lipinski definition) is 5. The third-order valence-corrected chi connectivity index (χ3v) is 7.20. The van der Waals surface area contributed by atoms with Crippen molar-refractivity contribution in [3.05, 3.63) is 65.7 Å². The van der Waals surface area contributed by atoms with E-state index in [1.165, 1.54) is 0 Å². The van der Waals surface area contributed by atoms with E-state index in [1.54, 1.807) is 6.07 Å². The Kier molecular flexibility index (Phi) is 6.84. The number of likely N-dealkylation sites (N-methyl/N-ethyl adjacent to an activating group) is 1. The Bertz CT molecular complexity index is 921. The first-order valence-corrected chi connectivity index (χ1v) is 11.6. The lowest BCUT2D eigenvalue weighted by molar-refractivity contribution is -0.0612. The lowest BCUT2D eigenvalue weighted by atomic mass is 9.74. The Labute approximate surface area is 190 Å². The fourth-order valence-electron chi connectivity index (χ4n) is 5.47. The van der Waals surface area contributed by atoms with Crippen molar-refractivity contribution in [2.75, 3.05) is 20.2 Å². The molecule has 1 aliphatic heterocycles. The third-order valence-electron chi connectivity index (χ3n) is 7.20. The minimum absolute atomic E-state index is 0.0600. The third kappa shape index (κ3) is 4.27. The van der Waals surface area contributed by atoms with Crippen molar-refractivity contribution in [2.24, 2.45) is 5.41 Å². The van der Waals surface area contributed by atoms with E-state index in [9.17, 15) is 15.0 Å². The summed E-state index contributed by atoms with van der Waals surface area (Å²) in [6.45, 7) is 3.27. The van der Waals surface area contributed by atoms with Gasteiger partial charge in [-0.3, -0.25) is 4.79 Å². The van der Waals surface area contributed by atoms with Crippen LogP contribution >= 0.6 is 0 Å². The Hall–Kier alpha value is -2.41. The maximum absolute atomic E-state index is 13.9. The monoisotopic (exact) mass is 438 g/mol.